The van der Waals surface area contributed by atoms with Crippen LogP contribution >= 0.6 is 15.9 Å². The lowest BCUT2D eigenvalue weighted by atomic mass is 9.63. The standard InChI is InChI=1S/C24H21BrN2O3/c25-19-10-4-15(5-11-19)14-30-20-3-1-2-16(12-20)13-26-27-23(28)21-17-6-7-18(9-8-17)22(21)24(27)29/h1-7,10-13,17-18,21-22H,8-9,14H2. The Balaban J connectivity index is 1.28. The summed E-state index contributed by atoms with van der Waals surface area (Å²) in [5.74, 6) is 0.250. The SMILES string of the molecule is O=C1C2C3C=CC(CC3)C2C(=O)N1N=Cc1cccc(OCc2ccc(Br)cc2)c1. The van der Waals surface area contributed by atoms with Crippen molar-refractivity contribution in [2.45, 2.75) is 19.4 Å². The maximum atomic E-state index is 12.8. The first-order chi connectivity index (χ1) is 14.6. The first-order valence-corrected chi connectivity index (χ1v) is 11.0. The van der Waals surface area contributed by atoms with Gasteiger partial charge in [-0.15, -0.1) is 0 Å². The molecule has 1 heterocycles. The fourth-order valence-corrected chi connectivity index (χ4v) is 4.99. The van der Waals surface area contributed by atoms with Crippen LogP contribution in [0.5, 0.6) is 5.75 Å². The van der Waals surface area contributed by atoms with Gasteiger partial charge in [0.1, 0.15) is 12.4 Å². The molecule has 2 bridgehead atoms. The number of fused-ring (bicyclic) bond motifs is 1. The van der Waals surface area contributed by atoms with Crippen LogP contribution in [-0.2, 0) is 16.2 Å². The quantitative estimate of drug-likeness (QED) is 0.370. The van der Waals surface area contributed by atoms with Gasteiger partial charge in [0.05, 0.1) is 18.1 Å². The van der Waals surface area contributed by atoms with E-state index >= 15 is 0 Å². The Morgan fingerprint density at radius 2 is 1.67 bits per heavy atom. The summed E-state index contributed by atoms with van der Waals surface area (Å²) < 4.78 is 6.89. The summed E-state index contributed by atoms with van der Waals surface area (Å²) in [5, 5.41) is 5.35. The van der Waals surface area contributed by atoms with Crippen molar-refractivity contribution in [3.8, 4) is 5.75 Å². The molecule has 2 fully saturated rings. The van der Waals surface area contributed by atoms with E-state index in [-0.39, 0.29) is 35.5 Å². The predicted molar refractivity (Wildman–Crippen MR) is 117 cm³/mol. The van der Waals surface area contributed by atoms with Crippen LogP contribution in [0.25, 0.3) is 0 Å². The first kappa shape index (κ1) is 19.2. The van der Waals surface area contributed by atoms with Crippen molar-refractivity contribution in [1.82, 2.24) is 5.01 Å². The Bertz CT molecular complexity index is 1010. The summed E-state index contributed by atoms with van der Waals surface area (Å²) in [6, 6.07) is 15.4. The highest BCUT2D eigenvalue weighted by atomic mass is 79.9. The number of benzene rings is 2. The van der Waals surface area contributed by atoms with E-state index in [1.807, 2.05) is 48.5 Å². The van der Waals surface area contributed by atoms with Gasteiger partial charge >= 0.3 is 0 Å². The number of amides is 2. The molecule has 0 aromatic heterocycles. The van der Waals surface area contributed by atoms with Crippen molar-refractivity contribution in [2.75, 3.05) is 0 Å². The number of carbonyl (C=O) groups is 2. The zero-order chi connectivity index (χ0) is 20.7. The second kappa shape index (κ2) is 7.84. The molecule has 152 valence electrons. The highest BCUT2D eigenvalue weighted by Gasteiger charge is 2.56. The van der Waals surface area contributed by atoms with Gasteiger partial charge in [-0.1, -0.05) is 52.3 Å². The van der Waals surface area contributed by atoms with Gasteiger partial charge in [0, 0.05) is 4.47 Å². The van der Waals surface area contributed by atoms with Crippen LogP contribution < -0.4 is 4.74 Å². The van der Waals surface area contributed by atoms with Crippen LogP contribution in [0.1, 0.15) is 24.0 Å². The van der Waals surface area contributed by atoms with Crippen LogP contribution in [0, 0.1) is 23.7 Å². The molecule has 2 aromatic rings. The molecule has 4 atom stereocenters. The molecule has 4 aliphatic rings. The van der Waals surface area contributed by atoms with Gasteiger partial charge in [-0.25, -0.2) is 0 Å². The Morgan fingerprint density at radius 1 is 1.00 bits per heavy atom. The second-order valence-electron chi connectivity index (χ2n) is 8.06. The summed E-state index contributed by atoms with van der Waals surface area (Å²) in [7, 11) is 0. The number of rotatable bonds is 5. The molecule has 1 aliphatic heterocycles. The van der Waals surface area contributed by atoms with Gasteiger partial charge in [0.25, 0.3) is 11.8 Å². The molecule has 0 N–H and O–H groups in total. The highest BCUT2D eigenvalue weighted by molar-refractivity contribution is 9.10. The van der Waals surface area contributed by atoms with Gasteiger partial charge in [-0.2, -0.15) is 10.1 Å². The molecule has 1 saturated carbocycles. The zero-order valence-electron chi connectivity index (χ0n) is 16.3. The molecule has 2 aromatic carbocycles. The molecule has 4 unspecified atom stereocenters. The van der Waals surface area contributed by atoms with Gasteiger partial charge in [-0.05, 0) is 60.1 Å². The Morgan fingerprint density at radius 3 is 2.30 bits per heavy atom. The number of nitrogens with zero attached hydrogens (tertiary/aromatic N) is 2. The third kappa shape index (κ3) is 3.49. The third-order valence-electron chi connectivity index (χ3n) is 6.24. The van der Waals surface area contributed by atoms with Crippen molar-refractivity contribution in [1.29, 1.82) is 0 Å². The van der Waals surface area contributed by atoms with Crippen molar-refractivity contribution in [3.05, 3.63) is 76.3 Å². The largest absolute Gasteiger partial charge is 0.489 e. The molecule has 30 heavy (non-hydrogen) atoms. The fourth-order valence-electron chi connectivity index (χ4n) is 4.73. The minimum absolute atomic E-state index is 0.164. The number of hydrogen-bond donors (Lipinski definition) is 0. The van der Waals surface area contributed by atoms with E-state index < -0.39 is 0 Å². The molecule has 1 saturated heterocycles. The fraction of sp³-hybridized carbons (Fsp3) is 0.292. The smallest absolute Gasteiger partial charge is 0.254 e. The summed E-state index contributed by atoms with van der Waals surface area (Å²) in [5.41, 5.74) is 1.84. The number of allylic oxidation sites excluding steroid dienone is 2. The minimum Gasteiger partial charge on any atom is -0.489 e. The maximum absolute atomic E-state index is 12.8. The van der Waals surface area contributed by atoms with Crippen molar-refractivity contribution in [3.63, 3.8) is 0 Å². The maximum Gasteiger partial charge on any atom is 0.254 e. The van der Waals surface area contributed by atoms with E-state index in [0.29, 0.717) is 12.4 Å². The molecular weight excluding hydrogens is 444 g/mol. The average molecular weight is 465 g/mol. The summed E-state index contributed by atoms with van der Waals surface area (Å²) in [4.78, 5) is 25.7. The Labute approximate surface area is 183 Å². The highest BCUT2D eigenvalue weighted by Crippen LogP contribution is 2.49. The predicted octanol–water partition coefficient (Wildman–Crippen LogP) is 4.56. The Kier molecular flexibility index (Phi) is 5.03. The average Bonchev–Trinajstić information content (AvgIpc) is 3.05. The van der Waals surface area contributed by atoms with Gasteiger partial charge in [0.15, 0.2) is 0 Å². The van der Waals surface area contributed by atoms with Gasteiger partial charge < -0.3 is 4.74 Å². The number of hydrazone groups is 1. The van der Waals surface area contributed by atoms with Gasteiger partial charge in [0.2, 0.25) is 0 Å². The lowest BCUT2D eigenvalue weighted by molar-refractivity contribution is -0.140. The third-order valence-corrected chi connectivity index (χ3v) is 6.76. The molecule has 3 aliphatic carbocycles. The zero-order valence-corrected chi connectivity index (χ0v) is 17.9. The minimum atomic E-state index is -0.237. The van der Waals surface area contributed by atoms with Crippen LogP contribution in [0.3, 0.4) is 0 Å². The van der Waals surface area contributed by atoms with Crippen molar-refractivity contribution in [2.24, 2.45) is 28.8 Å². The monoisotopic (exact) mass is 464 g/mol. The summed E-state index contributed by atoms with van der Waals surface area (Å²) in [6.45, 7) is 0.454. The Hall–Kier alpha value is -2.73. The lowest BCUT2D eigenvalue weighted by Crippen LogP contribution is -2.38. The number of ether oxygens (including phenoxy) is 1. The van der Waals surface area contributed by atoms with Crippen LogP contribution in [0.15, 0.2) is 70.3 Å². The van der Waals surface area contributed by atoms with Crippen molar-refractivity contribution < 1.29 is 14.3 Å². The number of halogens is 1. The molecule has 5 nitrogen and oxygen atoms in total. The van der Waals surface area contributed by atoms with E-state index in [2.05, 4.69) is 33.2 Å². The molecule has 6 rings (SSSR count). The normalized spacial score (nSPS) is 27.2. The van der Waals surface area contributed by atoms with E-state index in [1.165, 1.54) is 0 Å². The number of hydrogen-bond acceptors (Lipinski definition) is 4. The van der Waals surface area contributed by atoms with Crippen molar-refractivity contribution >= 4 is 34.0 Å². The lowest BCUT2D eigenvalue weighted by Gasteiger charge is -2.37. The van der Waals surface area contributed by atoms with E-state index in [1.54, 1.807) is 6.21 Å². The number of carbonyl (C=O) groups excluding carboxylic acids is 2. The van der Waals surface area contributed by atoms with E-state index in [4.69, 9.17) is 4.74 Å². The molecule has 0 spiro atoms. The van der Waals surface area contributed by atoms with Gasteiger partial charge in [-0.3, -0.25) is 9.59 Å². The molecule has 2 amide bonds. The van der Waals surface area contributed by atoms with E-state index in [0.717, 1.165) is 33.5 Å². The molecule has 6 heteroatoms. The second-order valence-corrected chi connectivity index (χ2v) is 8.98. The topological polar surface area (TPSA) is 59.0 Å². The first-order valence-electron chi connectivity index (χ1n) is 10.2. The van der Waals surface area contributed by atoms with Crippen LogP contribution in [-0.4, -0.2) is 23.0 Å². The van der Waals surface area contributed by atoms with Crippen LogP contribution in [0.2, 0.25) is 0 Å². The van der Waals surface area contributed by atoms with E-state index in [9.17, 15) is 9.59 Å². The summed E-state index contributed by atoms with van der Waals surface area (Å²) >= 11 is 3.42. The molecule has 0 radical (unpaired) electrons. The summed E-state index contributed by atoms with van der Waals surface area (Å²) in [6.07, 6.45) is 7.75. The number of imide groups is 1. The molecular formula is C24H21BrN2O3. The van der Waals surface area contributed by atoms with Crippen LogP contribution in [0.4, 0.5) is 0 Å².